The van der Waals surface area contributed by atoms with E-state index in [1.54, 1.807) is 0 Å². The summed E-state index contributed by atoms with van der Waals surface area (Å²) in [5.41, 5.74) is -0.0309. The van der Waals surface area contributed by atoms with Crippen LogP contribution in [-0.4, -0.2) is 36.7 Å². The van der Waals surface area contributed by atoms with E-state index in [0.29, 0.717) is 24.9 Å². The Morgan fingerprint density at radius 1 is 1.19 bits per heavy atom. The molecule has 0 aromatic rings. The third-order valence-electron chi connectivity index (χ3n) is 1.62. The second-order valence-corrected chi connectivity index (χ2v) is 4.83. The van der Waals surface area contributed by atoms with Gasteiger partial charge in [0.25, 0.3) is 0 Å². The first-order valence-corrected chi connectivity index (χ1v) is 6.09. The SMILES string of the molecule is CCOC(CNC(=S)NC(C)(C)C)OCC. The normalized spacial score (nSPS) is 11.6. The van der Waals surface area contributed by atoms with Gasteiger partial charge in [0, 0.05) is 18.8 Å². The number of nitrogens with one attached hydrogen (secondary N) is 2. The molecule has 0 aliphatic heterocycles. The highest BCUT2D eigenvalue weighted by molar-refractivity contribution is 7.80. The quantitative estimate of drug-likeness (QED) is 0.552. The summed E-state index contributed by atoms with van der Waals surface area (Å²) in [7, 11) is 0. The average Bonchev–Trinajstić information content (AvgIpc) is 2.12. The van der Waals surface area contributed by atoms with Crippen molar-refractivity contribution >= 4 is 17.3 Å². The molecular formula is C11H24N2O2S. The Morgan fingerprint density at radius 2 is 1.69 bits per heavy atom. The van der Waals surface area contributed by atoms with Crippen LogP contribution in [0, 0.1) is 0 Å². The molecule has 16 heavy (non-hydrogen) atoms. The fraction of sp³-hybridized carbons (Fsp3) is 0.909. The van der Waals surface area contributed by atoms with Gasteiger partial charge in [-0.1, -0.05) is 0 Å². The lowest BCUT2D eigenvalue weighted by atomic mass is 10.1. The molecule has 0 aliphatic carbocycles. The van der Waals surface area contributed by atoms with Gasteiger partial charge in [-0.25, -0.2) is 0 Å². The Balaban J connectivity index is 3.86. The van der Waals surface area contributed by atoms with Gasteiger partial charge in [-0.3, -0.25) is 0 Å². The van der Waals surface area contributed by atoms with Crippen molar-refractivity contribution in [2.45, 2.75) is 46.4 Å². The maximum absolute atomic E-state index is 5.39. The Hall–Kier alpha value is -0.390. The first kappa shape index (κ1) is 15.6. The summed E-state index contributed by atoms with van der Waals surface area (Å²) in [6, 6.07) is 0. The molecule has 0 rings (SSSR count). The van der Waals surface area contributed by atoms with Crippen LogP contribution in [0.2, 0.25) is 0 Å². The summed E-state index contributed by atoms with van der Waals surface area (Å²) >= 11 is 5.16. The fourth-order valence-corrected chi connectivity index (χ4v) is 1.49. The molecule has 0 aromatic carbocycles. The zero-order valence-electron chi connectivity index (χ0n) is 10.9. The lowest BCUT2D eigenvalue weighted by Crippen LogP contribution is -2.48. The van der Waals surface area contributed by atoms with Crippen molar-refractivity contribution < 1.29 is 9.47 Å². The number of ether oxygens (including phenoxy) is 2. The van der Waals surface area contributed by atoms with Crippen LogP contribution in [0.5, 0.6) is 0 Å². The van der Waals surface area contributed by atoms with Crippen LogP contribution >= 0.6 is 12.2 Å². The standard InChI is InChI=1S/C11H24N2O2S/c1-6-14-9(15-7-2)8-12-10(16)13-11(3,4)5/h9H,6-8H2,1-5H3,(H2,12,13,16). The van der Waals surface area contributed by atoms with Crippen LogP contribution in [0.25, 0.3) is 0 Å². The van der Waals surface area contributed by atoms with Gasteiger partial charge in [0.15, 0.2) is 11.4 Å². The molecule has 5 heteroatoms. The first-order valence-electron chi connectivity index (χ1n) is 5.68. The summed E-state index contributed by atoms with van der Waals surface area (Å²) < 4.78 is 10.8. The number of thiocarbonyl (C=S) groups is 1. The Kier molecular flexibility index (Phi) is 7.62. The molecule has 0 saturated heterocycles. The van der Waals surface area contributed by atoms with Crippen LogP contribution in [0.15, 0.2) is 0 Å². The third kappa shape index (κ3) is 8.88. The van der Waals surface area contributed by atoms with Gasteiger partial charge in [-0.05, 0) is 46.8 Å². The van der Waals surface area contributed by atoms with Crippen molar-refractivity contribution in [3.63, 3.8) is 0 Å². The topological polar surface area (TPSA) is 42.5 Å². The van der Waals surface area contributed by atoms with Crippen LogP contribution in [0.3, 0.4) is 0 Å². The number of rotatable bonds is 6. The maximum atomic E-state index is 5.39. The Labute approximate surface area is 104 Å². The molecule has 0 unspecified atom stereocenters. The minimum absolute atomic E-state index is 0.0309. The molecule has 96 valence electrons. The van der Waals surface area contributed by atoms with Gasteiger partial charge in [0.1, 0.15) is 0 Å². The third-order valence-corrected chi connectivity index (χ3v) is 1.87. The smallest absolute Gasteiger partial charge is 0.174 e. The summed E-state index contributed by atoms with van der Waals surface area (Å²) in [4.78, 5) is 0. The van der Waals surface area contributed by atoms with E-state index < -0.39 is 0 Å². The van der Waals surface area contributed by atoms with E-state index in [9.17, 15) is 0 Å². The molecule has 0 aromatic heterocycles. The summed E-state index contributed by atoms with van der Waals surface area (Å²) in [6.07, 6.45) is -0.241. The summed E-state index contributed by atoms with van der Waals surface area (Å²) in [6.45, 7) is 11.9. The van der Waals surface area contributed by atoms with Crippen LogP contribution in [0.4, 0.5) is 0 Å². The summed E-state index contributed by atoms with van der Waals surface area (Å²) in [5.74, 6) is 0. The minimum Gasteiger partial charge on any atom is -0.358 e. The molecule has 0 heterocycles. The van der Waals surface area contributed by atoms with E-state index in [-0.39, 0.29) is 11.8 Å². The lowest BCUT2D eigenvalue weighted by molar-refractivity contribution is -0.131. The van der Waals surface area contributed by atoms with Gasteiger partial charge >= 0.3 is 0 Å². The van der Waals surface area contributed by atoms with E-state index in [0.717, 1.165) is 0 Å². The average molecular weight is 248 g/mol. The Bertz CT molecular complexity index is 199. The van der Waals surface area contributed by atoms with Crippen molar-refractivity contribution in [1.82, 2.24) is 10.6 Å². The monoisotopic (exact) mass is 248 g/mol. The Morgan fingerprint density at radius 3 is 2.06 bits per heavy atom. The number of hydrogen-bond donors (Lipinski definition) is 2. The molecule has 0 spiro atoms. The van der Waals surface area contributed by atoms with E-state index in [1.807, 2.05) is 13.8 Å². The molecule has 0 bridgehead atoms. The molecule has 0 atom stereocenters. The van der Waals surface area contributed by atoms with Crippen molar-refractivity contribution in [3.8, 4) is 0 Å². The fourth-order valence-electron chi connectivity index (χ4n) is 1.10. The molecule has 4 nitrogen and oxygen atoms in total. The molecule has 0 fully saturated rings. The van der Waals surface area contributed by atoms with Crippen molar-refractivity contribution in [3.05, 3.63) is 0 Å². The highest BCUT2D eigenvalue weighted by Crippen LogP contribution is 1.98. The van der Waals surface area contributed by atoms with Gasteiger partial charge in [0.05, 0.1) is 6.54 Å². The highest BCUT2D eigenvalue weighted by Gasteiger charge is 2.12. The molecule has 0 radical (unpaired) electrons. The predicted octanol–water partition coefficient (Wildman–Crippen LogP) is 1.65. The molecule has 0 amide bonds. The van der Waals surface area contributed by atoms with Gasteiger partial charge in [-0.15, -0.1) is 0 Å². The van der Waals surface area contributed by atoms with Gasteiger partial charge in [0.2, 0.25) is 0 Å². The maximum Gasteiger partial charge on any atom is 0.174 e. The molecule has 0 saturated carbocycles. The second-order valence-electron chi connectivity index (χ2n) is 4.43. The van der Waals surface area contributed by atoms with E-state index in [2.05, 4.69) is 31.4 Å². The highest BCUT2D eigenvalue weighted by atomic mass is 32.1. The van der Waals surface area contributed by atoms with Crippen molar-refractivity contribution in [2.75, 3.05) is 19.8 Å². The molecule has 0 aliphatic rings. The van der Waals surface area contributed by atoms with Gasteiger partial charge in [-0.2, -0.15) is 0 Å². The largest absolute Gasteiger partial charge is 0.358 e. The summed E-state index contributed by atoms with van der Waals surface area (Å²) in [5, 5.41) is 6.87. The zero-order valence-corrected chi connectivity index (χ0v) is 11.7. The van der Waals surface area contributed by atoms with E-state index in [1.165, 1.54) is 0 Å². The van der Waals surface area contributed by atoms with Crippen LogP contribution < -0.4 is 10.6 Å². The lowest BCUT2D eigenvalue weighted by Gasteiger charge is -2.24. The predicted molar refractivity (Wildman–Crippen MR) is 70.5 cm³/mol. The van der Waals surface area contributed by atoms with Crippen molar-refractivity contribution in [1.29, 1.82) is 0 Å². The molecular weight excluding hydrogens is 224 g/mol. The van der Waals surface area contributed by atoms with Gasteiger partial charge < -0.3 is 20.1 Å². The zero-order chi connectivity index (χ0) is 12.6. The van der Waals surface area contributed by atoms with E-state index >= 15 is 0 Å². The van der Waals surface area contributed by atoms with Crippen LogP contribution in [-0.2, 0) is 9.47 Å². The van der Waals surface area contributed by atoms with E-state index in [4.69, 9.17) is 21.7 Å². The number of hydrogen-bond acceptors (Lipinski definition) is 3. The van der Waals surface area contributed by atoms with Crippen molar-refractivity contribution in [2.24, 2.45) is 0 Å². The minimum atomic E-state index is -0.241. The van der Waals surface area contributed by atoms with Crippen LogP contribution in [0.1, 0.15) is 34.6 Å². The first-order chi connectivity index (χ1) is 7.39. The second kappa shape index (κ2) is 7.81. The molecule has 2 N–H and O–H groups in total.